The number of aromatic nitrogens is 2. The number of hydrogen-bond donors (Lipinski definition) is 2. The zero-order chi connectivity index (χ0) is 26.7. The highest BCUT2D eigenvalue weighted by atomic mass is 32.2. The van der Waals surface area contributed by atoms with Crippen molar-refractivity contribution in [2.75, 3.05) is 6.54 Å². The summed E-state index contributed by atoms with van der Waals surface area (Å²) in [7, 11) is -4.13. The van der Waals surface area contributed by atoms with Gasteiger partial charge in [-0.25, -0.2) is 17.8 Å². The Morgan fingerprint density at radius 2 is 2.00 bits per heavy atom. The average molecular weight is 520 g/mol. The molecular formula is C23H29N5O7S. The van der Waals surface area contributed by atoms with Crippen LogP contribution < -0.4 is 14.8 Å². The zero-order valence-electron chi connectivity index (χ0n) is 20.7. The number of hydrogen-bond acceptors (Lipinski definition) is 8. The average Bonchev–Trinajstić information content (AvgIpc) is 3.44. The van der Waals surface area contributed by atoms with Crippen LogP contribution in [0.2, 0.25) is 0 Å². The van der Waals surface area contributed by atoms with Crippen molar-refractivity contribution >= 4 is 21.6 Å². The number of nitro benzene ring substituents is 1. The van der Waals surface area contributed by atoms with Crippen LogP contribution in [0.4, 0.5) is 5.69 Å². The highest BCUT2D eigenvalue weighted by molar-refractivity contribution is 7.89. The first-order valence-electron chi connectivity index (χ1n) is 11.2. The lowest BCUT2D eigenvalue weighted by atomic mass is 10.1. The van der Waals surface area contributed by atoms with Gasteiger partial charge in [-0.3, -0.25) is 14.9 Å². The van der Waals surface area contributed by atoms with Crippen molar-refractivity contribution in [3.8, 4) is 11.6 Å². The van der Waals surface area contributed by atoms with Gasteiger partial charge >= 0.3 is 0 Å². The number of nitrogens with one attached hydrogen (secondary N) is 2. The lowest BCUT2D eigenvalue weighted by molar-refractivity contribution is -0.385. The topological polar surface area (TPSA) is 159 Å². The smallest absolute Gasteiger partial charge is 0.272 e. The van der Waals surface area contributed by atoms with Crippen molar-refractivity contribution in [1.29, 1.82) is 0 Å². The fourth-order valence-electron chi connectivity index (χ4n) is 3.26. The van der Waals surface area contributed by atoms with E-state index in [4.69, 9.17) is 9.15 Å². The summed E-state index contributed by atoms with van der Waals surface area (Å²) >= 11 is 0. The van der Waals surface area contributed by atoms with E-state index in [0.29, 0.717) is 17.7 Å². The zero-order valence-corrected chi connectivity index (χ0v) is 21.5. The Labute approximate surface area is 208 Å². The first kappa shape index (κ1) is 26.9. The standard InChI is InChI=1S/C23H29N5O7S/c1-6-11-25-36(32,33)19-13-16(28(30)31)9-10-18(19)35-22-15(2)20(26-27(22)23(3,4)5)21(29)24-14-17-8-7-12-34-17/h7-10,12-13,25H,6,11,14H2,1-5H3,(H,24,29). The molecule has 0 saturated carbocycles. The highest BCUT2D eigenvalue weighted by Crippen LogP contribution is 2.36. The van der Waals surface area contributed by atoms with Crippen LogP contribution in [-0.2, 0) is 22.1 Å². The van der Waals surface area contributed by atoms with Gasteiger partial charge in [0, 0.05) is 24.2 Å². The Balaban J connectivity index is 2.06. The number of nitro groups is 1. The number of carbonyl (C=O) groups excluding carboxylic acids is 1. The lowest BCUT2D eigenvalue weighted by Crippen LogP contribution is -2.27. The molecule has 3 rings (SSSR count). The number of sulfonamides is 1. The molecule has 0 radical (unpaired) electrons. The van der Waals surface area contributed by atoms with E-state index in [1.807, 2.05) is 20.8 Å². The minimum atomic E-state index is -4.13. The number of non-ortho nitro benzene ring substituents is 1. The third-order valence-corrected chi connectivity index (χ3v) is 6.58. The second-order valence-electron chi connectivity index (χ2n) is 9.01. The van der Waals surface area contributed by atoms with Gasteiger partial charge in [0.15, 0.2) is 5.69 Å². The van der Waals surface area contributed by atoms with Crippen molar-refractivity contribution in [2.45, 2.75) is 58.0 Å². The fourth-order valence-corrected chi connectivity index (χ4v) is 4.54. The summed E-state index contributed by atoms with van der Waals surface area (Å²) in [5.41, 5.74) is -0.606. The number of furan rings is 1. The molecule has 0 fully saturated rings. The Morgan fingerprint density at radius 1 is 1.28 bits per heavy atom. The monoisotopic (exact) mass is 519 g/mol. The highest BCUT2D eigenvalue weighted by Gasteiger charge is 2.30. The van der Waals surface area contributed by atoms with Crippen LogP contribution in [0.1, 0.15) is 55.9 Å². The maximum absolute atomic E-state index is 12.9. The Kier molecular flexibility index (Phi) is 7.84. The minimum Gasteiger partial charge on any atom is -0.467 e. The first-order chi connectivity index (χ1) is 16.8. The van der Waals surface area contributed by atoms with E-state index in [2.05, 4.69) is 15.1 Å². The van der Waals surface area contributed by atoms with Gasteiger partial charge in [-0.05, 0) is 52.3 Å². The third-order valence-electron chi connectivity index (χ3n) is 5.10. The molecule has 2 aromatic heterocycles. The van der Waals surface area contributed by atoms with Gasteiger partial charge < -0.3 is 14.5 Å². The Hall–Kier alpha value is -3.71. The van der Waals surface area contributed by atoms with Crippen LogP contribution in [-0.4, -0.2) is 35.6 Å². The molecule has 194 valence electrons. The molecule has 12 nitrogen and oxygen atoms in total. The quantitative estimate of drug-likeness (QED) is 0.302. The van der Waals surface area contributed by atoms with Crippen molar-refractivity contribution in [3.05, 3.63) is 63.7 Å². The molecule has 0 aliphatic rings. The second kappa shape index (κ2) is 10.5. The lowest BCUT2D eigenvalue weighted by Gasteiger charge is -2.22. The molecule has 0 atom stereocenters. The van der Waals surface area contributed by atoms with E-state index in [9.17, 15) is 23.3 Å². The van der Waals surface area contributed by atoms with Crippen LogP contribution in [0.3, 0.4) is 0 Å². The molecule has 2 N–H and O–H groups in total. The molecular weight excluding hydrogens is 490 g/mol. The predicted molar refractivity (Wildman–Crippen MR) is 130 cm³/mol. The van der Waals surface area contributed by atoms with E-state index < -0.39 is 37.0 Å². The minimum absolute atomic E-state index is 0.0851. The van der Waals surface area contributed by atoms with Gasteiger partial charge in [0.05, 0.1) is 23.3 Å². The normalized spacial score (nSPS) is 11.9. The molecule has 0 spiro atoms. The van der Waals surface area contributed by atoms with Crippen molar-refractivity contribution in [3.63, 3.8) is 0 Å². The molecule has 0 unspecified atom stereocenters. The summed E-state index contributed by atoms with van der Waals surface area (Å²) in [6.07, 6.45) is 2.02. The van der Waals surface area contributed by atoms with Gasteiger partial charge in [0.2, 0.25) is 15.9 Å². The maximum Gasteiger partial charge on any atom is 0.272 e. The number of amides is 1. The number of carbonyl (C=O) groups is 1. The van der Waals surface area contributed by atoms with E-state index in [-0.39, 0.29) is 30.4 Å². The SMILES string of the molecule is CCCNS(=O)(=O)c1cc([N+](=O)[O-])ccc1Oc1c(C)c(C(=O)NCc2ccco2)nn1C(C)(C)C. The Bertz CT molecular complexity index is 1360. The summed E-state index contributed by atoms with van der Waals surface area (Å²) in [6.45, 7) is 9.23. The van der Waals surface area contributed by atoms with E-state index in [0.717, 1.165) is 12.1 Å². The number of rotatable bonds is 10. The van der Waals surface area contributed by atoms with Crippen LogP contribution in [0, 0.1) is 17.0 Å². The van der Waals surface area contributed by atoms with E-state index in [1.165, 1.54) is 17.0 Å². The predicted octanol–water partition coefficient (Wildman–Crippen LogP) is 3.86. The molecule has 0 aliphatic carbocycles. The molecule has 1 amide bonds. The number of ether oxygens (including phenoxy) is 1. The molecule has 1 aromatic carbocycles. The van der Waals surface area contributed by atoms with E-state index in [1.54, 1.807) is 26.0 Å². The van der Waals surface area contributed by atoms with Gasteiger partial charge in [-0.1, -0.05) is 6.92 Å². The summed E-state index contributed by atoms with van der Waals surface area (Å²) in [5.74, 6) is 0.0811. The summed E-state index contributed by atoms with van der Waals surface area (Å²) in [6, 6.07) is 6.74. The fraction of sp³-hybridized carbons (Fsp3) is 0.391. The van der Waals surface area contributed by atoms with Gasteiger partial charge in [-0.15, -0.1) is 0 Å². The molecule has 2 heterocycles. The Morgan fingerprint density at radius 3 is 2.58 bits per heavy atom. The van der Waals surface area contributed by atoms with Crippen LogP contribution in [0.5, 0.6) is 11.6 Å². The number of nitrogens with zero attached hydrogens (tertiary/aromatic N) is 3. The molecule has 0 bridgehead atoms. The van der Waals surface area contributed by atoms with Gasteiger partial charge in [-0.2, -0.15) is 5.10 Å². The maximum atomic E-state index is 12.9. The van der Waals surface area contributed by atoms with Crippen LogP contribution >= 0.6 is 0 Å². The van der Waals surface area contributed by atoms with Gasteiger partial charge in [0.25, 0.3) is 11.6 Å². The van der Waals surface area contributed by atoms with E-state index >= 15 is 0 Å². The molecule has 0 saturated heterocycles. The van der Waals surface area contributed by atoms with Crippen LogP contribution in [0.25, 0.3) is 0 Å². The summed E-state index contributed by atoms with van der Waals surface area (Å²) in [4.78, 5) is 23.1. The first-order valence-corrected chi connectivity index (χ1v) is 12.7. The molecule has 0 aliphatic heterocycles. The molecule has 13 heteroatoms. The molecule has 3 aromatic rings. The van der Waals surface area contributed by atoms with Crippen molar-refractivity contribution < 1.29 is 27.3 Å². The van der Waals surface area contributed by atoms with Crippen molar-refractivity contribution in [2.24, 2.45) is 0 Å². The summed E-state index contributed by atoms with van der Waals surface area (Å²) < 4.78 is 41.0. The molecule has 36 heavy (non-hydrogen) atoms. The van der Waals surface area contributed by atoms with Crippen molar-refractivity contribution in [1.82, 2.24) is 19.8 Å². The third kappa shape index (κ3) is 5.91. The number of benzene rings is 1. The largest absolute Gasteiger partial charge is 0.467 e. The second-order valence-corrected chi connectivity index (χ2v) is 10.7. The van der Waals surface area contributed by atoms with Gasteiger partial charge in [0.1, 0.15) is 16.4 Å². The summed E-state index contributed by atoms with van der Waals surface area (Å²) in [5, 5.41) is 18.5. The van der Waals surface area contributed by atoms with Crippen LogP contribution in [0.15, 0.2) is 45.9 Å².